The SMILES string of the molecule is CC(C)(CC(=O)CC1(CC(=O)c2cc(-c3ccc(F)cc3F)on2)CN(C2CCCCC2)C1)c1ccnc2[nH]ccc12. The van der Waals surface area contributed by atoms with Crippen LogP contribution in [-0.2, 0) is 10.2 Å². The first kappa shape index (κ1) is 28.4. The van der Waals surface area contributed by atoms with Gasteiger partial charge >= 0.3 is 0 Å². The van der Waals surface area contributed by atoms with Crippen LogP contribution in [0.5, 0.6) is 0 Å². The summed E-state index contributed by atoms with van der Waals surface area (Å²) in [5, 5.41) is 4.92. The Morgan fingerprint density at radius 3 is 2.62 bits per heavy atom. The van der Waals surface area contributed by atoms with Gasteiger partial charge in [-0.2, -0.15) is 0 Å². The van der Waals surface area contributed by atoms with Crippen molar-refractivity contribution < 1.29 is 22.9 Å². The molecule has 0 amide bonds. The van der Waals surface area contributed by atoms with Crippen LogP contribution in [0.4, 0.5) is 8.78 Å². The van der Waals surface area contributed by atoms with Crippen molar-refractivity contribution in [1.82, 2.24) is 20.0 Å². The van der Waals surface area contributed by atoms with Crippen LogP contribution in [0.15, 0.2) is 53.3 Å². The van der Waals surface area contributed by atoms with E-state index in [0.29, 0.717) is 32.0 Å². The highest BCUT2D eigenvalue weighted by molar-refractivity contribution is 5.96. The van der Waals surface area contributed by atoms with Crippen molar-refractivity contribution in [3.05, 3.63) is 71.7 Å². The molecule has 220 valence electrons. The molecule has 3 aromatic heterocycles. The number of carbonyl (C=O) groups excluding carboxylic acids is 2. The van der Waals surface area contributed by atoms with E-state index >= 15 is 0 Å². The van der Waals surface area contributed by atoms with Gasteiger partial charge < -0.3 is 9.51 Å². The van der Waals surface area contributed by atoms with Crippen LogP contribution >= 0.6 is 0 Å². The molecule has 1 N–H and O–H groups in total. The van der Waals surface area contributed by atoms with E-state index in [0.717, 1.165) is 41.6 Å². The minimum atomic E-state index is -0.789. The smallest absolute Gasteiger partial charge is 0.185 e. The van der Waals surface area contributed by atoms with Gasteiger partial charge in [0.05, 0.1) is 5.56 Å². The number of aromatic amines is 1. The first-order valence-electron chi connectivity index (χ1n) is 14.8. The van der Waals surface area contributed by atoms with Crippen LogP contribution in [0.2, 0.25) is 0 Å². The number of hydrogen-bond acceptors (Lipinski definition) is 6. The zero-order chi connectivity index (χ0) is 29.5. The number of hydrogen-bond donors (Lipinski definition) is 1. The number of benzene rings is 1. The molecule has 0 unspecified atom stereocenters. The van der Waals surface area contributed by atoms with Crippen molar-refractivity contribution in [2.75, 3.05) is 13.1 Å². The molecule has 1 aromatic carbocycles. The van der Waals surface area contributed by atoms with E-state index in [9.17, 15) is 18.4 Å². The molecule has 0 bridgehead atoms. The van der Waals surface area contributed by atoms with Gasteiger partial charge in [0.2, 0.25) is 0 Å². The third-order valence-electron chi connectivity index (χ3n) is 9.10. The van der Waals surface area contributed by atoms with Crippen LogP contribution in [0.1, 0.15) is 81.3 Å². The van der Waals surface area contributed by atoms with Gasteiger partial charge in [0.1, 0.15) is 28.8 Å². The summed E-state index contributed by atoms with van der Waals surface area (Å²) in [4.78, 5) is 37.2. The Morgan fingerprint density at radius 1 is 1.07 bits per heavy atom. The van der Waals surface area contributed by atoms with Crippen LogP contribution < -0.4 is 0 Å². The number of Topliss-reactive ketones (excluding diaryl/α,β-unsaturated/α-hetero) is 2. The van der Waals surface area contributed by atoms with Gasteiger partial charge in [0, 0.05) is 73.7 Å². The lowest BCUT2D eigenvalue weighted by Gasteiger charge is -2.54. The number of aromatic nitrogens is 3. The fraction of sp³-hybridized carbons (Fsp3) is 0.455. The number of rotatable bonds is 10. The molecule has 0 radical (unpaired) electrons. The predicted molar refractivity (Wildman–Crippen MR) is 155 cm³/mol. The minimum absolute atomic E-state index is 0.0369. The van der Waals surface area contributed by atoms with E-state index in [1.165, 1.54) is 31.4 Å². The molecule has 1 saturated carbocycles. The fourth-order valence-electron chi connectivity index (χ4n) is 7.08. The standard InChI is InChI=1S/C33H36F2N4O3/c1-32(2,26-11-13-37-31-24(26)10-12-36-31)16-23(40)17-33(19-39(20-33)22-6-4-3-5-7-22)18-29(41)28-15-30(42-38-28)25-9-8-21(34)14-27(25)35/h8-15,22H,3-7,16-20H2,1-2H3,(H,36,37). The van der Waals surface area contributed by atoms with E-state index in [1.54, 1.807) is 6.20 Å². The number of ketones is 2. The molecular formula is C33H36F2N4O3. The Morgan fingerprint density at radius 2 is 1.86 bits per heavy atom. The highest BCUT2D eigenvalue weighted by Gasteiger charge is 2.48. The summed E-state index contributed by atoms with van der Waals surface area (Å²) < 4.78 is 33.0. The summed E-state index contributed by atoms with van der Waals surface area (Å²) >= 11 is 0. The van der Waals surface area contributed by atoms with Crippen molar-refractivity contribution in [2.45, 2.75) is 76.7 Å². The summed E-state index contributed by atoms with van der Waals surface area (Å²) in [5.41, 5.74) is 1.07. The Bertz CT molecular complexity index is 1610. The number of fused-ring (bicyclic) bond motifs is 1. The first-order valence-corrected chi connectivity index (χ1v) is 14.8. The van der Waals surface area contributed by atoms with Gasteiger partial charge in [-0.05, 0) is 48.1 Å². The molecular weight excluding hydrogens is 538 g/mol. The molecule has 7 nitrogen and oxygen atoms in total. The van der Waals surface area contributed by atoms with Gasteiger partial charge in [-0.3, -0.25) is 14.5 Å². The molecule has 0 atom stereocenters. The maximum absolute atomic E-state index is 14.3. The van der Waals surface area contributed by atoms with Gasteiger partial charge in [0.15, 0.2) is 11.5 Å². The Kier molecular flexibility index (Phi) is 7.55. The van der Waals surface area contributed by atoms with Crippen molar-refractivity contribution in [3.8, 4) is 11.3 Å². The van der Waals surface area contributed by atoms with Crippen molar-refractivity contribution >= 4 is 22.6 Å². The first-order chi connectivity index (χ1) is 20.1. The topological polar surface area (TPSA) is 92.1 Å². The van der Waals surface area contributed by atoms with E-state index in [2.05, 4.69) is 33.9 Å². The molecule has 6 rings (SSSR count). The normalized spacial score (nSPS) is 17.8. The average molecular weight is 575 g/mol. The predicted octanol–water partition coefficient (Wildman–Crippen LogP) is 7.03. The molecule has 4 aromatic rings. The Hall–Kier alpha value is -3.72. The molecule has 2 fully saturated rings. The van der Waals surface area contributed by atoms with Gasteiger partial charge in [-0.1, -0.05) is 38.3 Å². The summed E-state index contributed by atoms with van der Waals surface area (Å²) in [6.07, 6.45) is 10.4. The van der Waals surface area contributed by atoms with E-state index < -0.39 is 22.5 Å². The second-order valence-electron chi connectivity index (χ2n) is 12.9. The molecule has 4 heterocycles. The highest BCUT2D eigenvalue weighted by Crippen LogP contribution is 2.44. The van der Waals surface area contributed by atoms with Crippen molar-refractivity contribution in [3.63, 3.8) is 0 Å². The number of halogens is 2. The quantitative estimate of drug-likeness (QED) is 0.205. The van der Waals surface area contributed by atoms with Crippen LogP contribution in [0, 0.1) is 17.0 Å². The van der Waals surface area contributed by atoms with Crippen molar-refractivity contribution in [2.24, 2.45) is 5.41 Å². The summed E-state index contributed by atoms with van der Waals surface area (Å²) in [5.74, 6) is -1.55. The van der Waals surface area contributed by atoms with Crippen LogP contribution in [0.25, 0.3) is 22.4 Å². The number of H-pyrrole nitrogens is 1. The number of likely N-dealkylation sites (tertiary alicyclic amines) is 1. The van der Waals surface area contributed by atoms with Crippen LogP contribution in [-0.4, -0.2) is 50.7 Å². The maximum Gasteiger partial charge on any atom is 0.185 e. The molecule has 1 aliphatic carbocycles. The van der Waals surface area contributed by atoms with E-state index in [4.69, 9.17) is 4.52 Å². The molecule has 2 aliphatic rings. The maximum atomic E-state index is 14.3. The summed E-state index contributed by atoms with van der Waals surface area (Å²) in [6.45, 7) is 5.52. The fourth-order valence-corrected chi connectivity index (χ4v) is 7.08. The molecule has 0 spiro atoms. The third kappa shape index (κ3) is 5.67. The monoisotopic (exact) mass is 574 g/mol. The van der Waals surface area contributed by atoms with Gasteiger partial charge in [-0.25, -0.2) is 13.8 Å². The number of nitrogens with one attached hydrogen (secondary N) is 1. The largest absolute Gasteiger partial charge is 0.355 e. The zero-order valence-electron chi connectivity index (χ0n) is 24.1. The van der Waals surface area contributed by atoms with Gasteiger partial charge in [0.25, 0.3) is 0 Å². The van der Waals surface area contributed by atoms with E-state index in [-0.39, 0.29) is 35.0 Å². The summed E-state index contributed by atoms with van der Waals surface area (Å²) in [6, 6.07) is 9.02. The molecule has 42 heavy (non-hydrogen) atoms. The molecule has 1 saturated heterocycles. The number of carbonyl (C=O) groups is 2. The minimum Gasteiger partial charge on any atom is -0.355 e. The zero-order valence-corrected chi connectivity index (χ0v) is 24.1. The highest BCUT2D eigenvalue weighted by atomic mass is 19.1. The second kappa shape index (κ2) is 11.2. The van der Waals surface area contributed by atoms with E-state index in [1.807, 2.05) is 18.3 Å². The number of pyridine rings is 1. The Balaban J connectivity index is 1.19. The van der Waals surface area contributed by atoms with Crippen molar-refractivity contribution in [1.29, 1.82) is 0 Å². The number of nitrogens with zero attached hydrogens (tertiary/aromatic N) is 3. The Labute approximate surface area is 243 Å². The third-order valence-corrected chi connectivity index (χ3v) is 9.10. The lowest BCUT2D eigenvalue weighted by atomic mass is 9.68. The lowest BCUT2D eigenvalue weighted by molar-refractivity contribution is -0.127. The lowest BCUT2D eigenvalue weighted by Crippen LogP contribution is -2.61. The average Bonchev–Trinajstić information content (AvgIpc) is 3.61. The second-order valence-corrected chi connectivity index (χ2v) is 12.9. The summed E-state index contributed by atoms with van der Waals surface area (Å²) in [7, 11) is 0. The molecule has 1 aliphatic heterocycles. The van der Waals surface area contributed by atoms with Gasteiger partial charge in [-0.15, -0.1) is 0 Å². The van der Waals surface area contributed by atoms with Crippen LogP contribution in [0.3, 0.4) is 0 Å². The molecule has 9 heteroatoms.